The third-order valence-electron chi connectivity index (χ3n) is 3.41. The van der Waals surface area contributed by atoms with Crippen molar-refractivity contribution in [2.75, 3.05) is 6.54 Å². The Morgan fingerprint density at radius 3 is 2.93 bits per heavy atom. The van der Waals surface area contributed by atoms with E-state index in [-0.39, 0.29) is 0 Å². The van der Waals surface area contributed by atoms with Crippen molar-refractivity contribution in [2.45, 2.75) is 38.5 Å². The molecule has 1 aromatic carbocycles. The normalized spacial score (nSPS) is 16.4. The molecule has 0 saturated heterocycles. The van der Waals surface area contributed by atoms with Gasteiger partial charge in [-0.15, -0.1) is 0 Å². The van der Waals surface area contributed by atoms with Gasteiger partial charge in [0.1, 0.15) is 5.75 Å². The lowest BCUT2D eigenvalue weighted by atomic mass is 9.93. The van der Waals surface area contributed by atoms with Crippen molar-refractivity contribution >= 4 is 0 Å². The first kappa shape index (κ1) is 10.5. The molecule has 1 unspecified atom stereocenters. The topological polar surface area (TPSA) is 46.2 Å². The van der Waals surface area contributed by atoms with E-state index in [1.165, 1.54) is 17.5 Å². The first-order valence-electron chi connectivity index (χ1n) is 5.77. The third kappa shape index (κ3) is 1.86. The Kier molecular flexibility index (Phi) is 2.96. The number of hydrogen-bond acceptors (Lipinski definition) is 2. The number of benzene rings is 1. The fourth-order valence-corrected chi connectivity index (χ4v) is 2.47. The molecule has 0 spiro atoms. The van der Waals surface area contributed by atoms with Crippen LogP contribution in [-0.2, 0) is 12.8 Å². The standard InChI is InChI=1S/C13H19NO/c1-9(7-8-14)11-6-5-10-3-2-4-12(10)13(11)15/h5-6,9,15H,2-4,7-8,14H2,1H3. The summed E-state index contributed by atoms with van der Waals surface area (Å²) in [5.41, 5.74) is 9.13. The minimum atomic E-state index is 0.362. The van der Waals surface area contributed by atoms with E-state index in [2.05, 4.69) is 19.1 Å². The van der Waals surface area contributed by atoms with Gasteiger partial charge in [-0.3, -0.25) is 0 Å². The van der Waals surface area contributed by atoms with Gasteiger partial charge >= 0.3 is 0 Å². The van der Waals surface area contributed by atoms with Crippen molar-refractivity contribution < 1.29 is 5.11 Å². The zero-order valence-electron chi connectivity index (χ0n) is 9.29. The van der Waals surface area contributed by atoms with Crippen LogP contribution in [0.5, 0.6) is 5.75 Å². The van der Waals surface area contributed by atoms with Crippen molar-refractivity contribution in [1.29, 1.82) is 0 Å². The van der Waals surface area contributed by atoms with Gasteiger partial charge in [0.2, 0.25) is 0 Å². The van der Waals surface area contributed by atoms with Crippen LogP contribution in [0, 0.1) is 0 Å². The zero-order chi connectivity index (χ0) is 10.8. The molecule has 0 fully saturated rings. The monoisotopic (exact) mass is 205 g/mol. The molecule has 2 heteroatoms. The van der Waals surface area contributed by atoms with E-state index in [4.69, 9.17) is 5.73 Å². The minimum absolute atomic E-state index is 0.362. The molecular weight excluding hydrogens is 186 g/mol. The van der Waals surface area contributed by atoms with Gasteiger partial charge in [-0.2, -0.15) is 0 Å². The summed E-state index contributed by atoms with van der Waals surface area (Å²) in [4.78, 5) is 0. The van der Waals surface area contributed by atoms with Gasteiger partial charge in [-0.05, 0) is 54.8 Å². The van der Waals surface area contributed by atoms with E-state index >= 15 is 0 Å². The maximum absolute atomic E-state index is 10.2. The van der Waals surface area contributed by atoms with Crippen LogP contribution in [0.25, 0.3) is 0 Å². The molecular formula is C13H19NO. The first-order chi connectivity index (χ1) is 7.24. The fraction of sp³-hybridized carbons (Fsp3) is 0.538. The Hall–Kier alpha value is -1.02. The molecule has 1 atom stereocenters. The number of hydrogen-bond donors (Lipinski definition) is 2. The highest BCUT2D eigenvalue weighted by atomic mass is 16.3. The Morgan fingerprint density at radius 2 is 2.20 bits per heavy atom. The van der Waals surface area contributed by atoms with E-state index < -0.39 is 0 Å². The van der Waals surface area contributed by atoms with Crippen LogP contribution in [0.4, 0.5) is 0 Å². The Bertz CT molecular complexity index is 360. The predicted molar refractivity (Wildman–Crippen MR) is 62.2 cm³/mol. The molecule has 0 aromatic heterocycles. The number of phenolic OH excluding ortho intramolecular Hbond substituents is 1. The molecule has 1 aliphatic rings. The Labute approximate surface area is 91.1 Å². The summed E-state index contributed by atoms with van der Waals surface area (Å²) in [7, 11) is 0. The van der Waals surface area contributed by atoms with Crippen LogP contribution >= 0.6 is 0 Å². The summed E-state index contributed by atoms with van der Waals surface area (Å²) in [6, 6.07) is 4.24. The van der Waals surface area contributed by atoms with Crippen LogP contribution in [0.3, 0.4) is 0 Å². The van der Waals surface area contributed by atoms with E-state index in [1.54, 1.807) is 0 Å². The number of aromatic hydroxyl groups is 1. The summed E-state index contributed by atoms with van der Waals surface area (Å²) < 4.78 is 0. The highest BCUT2D eigenvalue weighted by molar-refractivity contribution is 5.49. The molecule has 1 aliphatic carbocycles. The molecule has 3 N–H and O–H groups in total. The molecule has 0 aliphatic heterocycles. The number of nitrogens with two attached hydrogens (primary N) is 1. The summed E-state index contributed by atoms with van der Waals surface area (Å²) in [6.45, 7) is 2.81. The van der Waals surface area contributed by atoms with E-state index in [0.717, 1.165) is 24.8 Å². The maximum Gasteiger partial charge on any atom is 0.122 e. The van der Waals surface area contributed by atoms with Crippen LogP contribution in [0.2, 0.25) is 0 Å². The van der Waals surface area contributed by atoms with E-state index in [0.29, 0.717) is 18.2 Å². The lowest BCUT2D eigenvalue weighted by Gasteiger charge is -2.15. The molecule has 1 aromatic rings. The van der Waals surface area contributed by atoms with Gasteiger partial charge in [0.05, 0.1) is 0 Å². The molecule has 0 heterocycles. The molecule has 0 amide bonds. The second-order valence-corrected chi connectivity index (χ2v) is 4.47. The van der Waals surface area contributed by atoms with Crippen molar-refractivity contribution in [3.8, 4) is 5.75 Å². The number of rotatable bonds is 3. The highest BCUT2D eigenvalue weighted by Crippen LogP contribution is 2.36. The van der Waals surface area contributed by atoms with E-state index in [9.17, 15) is 5.11 Å². The molecule has 15 heavy (non-hydrogen) atoms. The summed E-state index contributed by atoms with van der Waals surface area (Å²) in [6.07, 6.45) is 4.27. The summed E-state index contributed by atoms with van der Waals surface area (Å²) >= 11 is 0. The van der Waals surface area contributed by atoms with Crippen LogP contribution in [0.1, 0.15) is 42.4 Å². The lowest BCUT2D eigenvalue weighted by molar-refractivity contribution is 0.455. The highest BCUT2D eigenvalue weighted by Gasteiger charge is 2.19. The van der Waals surface area contributed by atoms with E-state index in [1.807, 2.05) is 0 Å². The van der Waals surface area contributed by atoms with Crippen molar-refractivity contribution in [3.05, 3.63) is 28.8 Å². The van der Waals surface area contributed by atoms with Gasteiger partial charge in [0.15, 0.2) is 0 Å². The minimum Gasteiger partial charge on any atom is -0.507 e. The predicted octanol–water partition coefficient (Wildman–Crippen LogP) is 2.33. The second-order valence-electron chi connectivity index (χ2n) is 4.47. The van der Waals surface area contributed by atoms with Gasteiger partial charge in [0.25, 0.3) is 0 Å². The fourth-order valence-electron chi connectivity index (χ4n) is 2.47. The van der Waals surface area contributed by atoms with Crippen molar-refractivity contribution in [3.63, 3.8) is 0 Å². The first-order valence-corrected chi connectivity index (χ1v) is 5.77. The largest absolute Gasteiger partial charge is 0.507 e. The van der Waals surface area contributed by atoms with Crippen LogP contribution in [0.15, 0.2) is 12.1 Å². The second kappa shape index (κ2) is 4.23. The molecule has 0 radical (unpaired) electrons. The van der Waals surface area contributed by atoms with Gasteiger partial charge in [-0.25, -0.2) is 0 Å². The smallest absolute Gasteiger partial charge is 0.122 e. The number of fused-ring (bicyclic) bond motifs is 1. The Morgan fingerprint density at radius 1 is 1.40 bits per heavy atom. The quantitative estimate of drug-likeness (QED) is 0.795. The number of aryl methyl sites for hydroxylation is 1. The number of phenols is 1. The molecule has 0 bridgehead atoms. The van der Waals surface area contributed by atoms with Crippen molar-refractivity contribution in [1.82, 2.24) is 0 Å². The summed E-state index contributed by atoms with van der Waals surface area (Å²) in [5, 5.41) is 10.2. The van der Waals surface area contributed by atoms with Crippen LogP contribution < -0.4 is 5.73 Å². The molecule has 2 rings (SSSR count). The Balaban J connectivity index is 2.33. The van der Waals surface area contributed by atoms with Gasteiger partial charge in [0, 0.05) is 0 Å². The third-order valence-corrected chi connectivity index (χ3v) is 3.41. The molecule has 2 nitrogen and oxygen atoms in total. The molecule has 82 valence electrons. The zero-order valence-corrected chi connectivity index (χ0v) is 9.29. The SMILES string of the molecule is CC(CCN)c1ccc2c(c1O)CCC2. The van der Waals surface area contributed by atoms with Crippen molar-refractivity contribution in [2.24, 2.45) is 5.73 Å². The summed E-state index contributed by atoms with van der Waals surface area (Å²) in [5.74, 6) is 0.895. The van der Waals surface area contributed by atoms with Gasteiger partial charge in [-0.1, -0.05) is 19.1 Å². The average molecular weight is 205 g/mol. The lowest BCUT2D eigenvalue weighted by Crippen LogP contribution is -2.05. The van der Waals surface area contributed by atoms with Crippen LogP contribution in [-0.4, -0.2) is 11.7 Å². The molecule has 0 saturated carbocycles. The average Bonchev–Trinajstić information content (AvgIpc) is 2.67. The van der Waals surface area contributed by atoms with Gasteiger partial charge < -0.3 is 10.8 Å². The maximum atomic E-state index is 10.2.